The lowest BCUT2D eigenvalue weighted by Crippen LogP contribution is -2.30. The van der Waals surface area contributed by atoms with Crippen LogP contribution in [0.3, 0.4) is 0 Å². The summed E-state index contributed by atoms with van der Waals surface area (Å²) in [5, 5.41) is 10.2. The van der Waals surface area contributed by atoms with Crippen LogP contribution in [-0.4, -0.2) is 35.3 Å². The van der Waals surface area contributed by atoms with Crippen LogP contribution in [0.15, 0.2) is 0 Å². The average molecular weight is 195 g/mol. The topological polar surface area (TPSA) is 56.8 Å². The maximum Gasteiger partial charge on any atom is 0.244 e. The Morgan fingerprint density at radius 2 is 2.14 bits per heavy atom. The lowest BCUT2D eigenvalue weighted by molar-refractivity contribution is 0.569. The second kappa shape index (κ2) is 4.41. The molecule has 2 N–H and O–H groups in total. The molecule has 0 bridgehead atoms. The van der Waals surface area contributed by atoms with Gasteiger partial charge < -0.3 is 10.2 Å². The zero-order valence-corrected chi connectivity index (χ0v) is 8.58. The molecular weight excluding hydrogens is 178 g/mol. The van der Waals surface area contributed by atoms with E-state index in [1.165, 1.54) is 19.3 Å². The zero-order chi connectivity index (χ0) is 9.80. The van der Waals surface area contributed by atoms with E-state index in [0.717, 1.165) is 31.4 Å². The van der Waals surface area contributed by atoms with E-state index in [2.05, 4.69) is 25.4 Å². The first-order valence-electron chi connectivity index (χ1n) is 5.21. The summed E-state index contributed by atoms with van der Waals surface area (Å²) in [6.45, 7) is 2.94. The highest BCUT2D eigenvalue weighted by Crippen LogP contribution is 2.14. The number of piperidine rings is 1. The Balaban J connectivity index is 2.00. The Bertz CT molecular complexity index is 276. The van der Waals surface area contributed by atoms with E-state index in [0.29, 0.717) is 0 Å². The third kappa shape index (κ3) is 2.04. The molecule has 0 aliphatic carbocycles. The van der Waals surface area contributed by atoms with Gasteiger partial charge in [-0.2, -0.15) is 4.98 Å². The van der Waals surface area contributed by atoms with E-state index < -0.39 is 0 Å². The predicted molar refractivity (Wildman–Crippen MR) is 55.2 cm³/mol. The van der Waals surface area contributed by atoms with Crippen LogP contribution in [0.4, 0.5) is 5.95 Å². The van der Waals surface area contributed by atoms with Crippen molar-refractivity contribution in [2.75, 3.05) is 25.0 Å². The van der Waals surface area contributed by atoms with Crippen LogP contribution in [0.25, 0.3) is 0 Å². The summed E-state index contributed by atoms with van der Waals surface area (Å²) in [6.07, 6.45) is 3.86. The normalized spacial score (nSPS) is 17.4. The van der Waals surface area contributed by atoms with Crippen LogP contribution in [-0.2, 0) is 6.54 Å². The molecular formula is C9H17N5. The Hall–Kier alpha value is -1.10. The van der Waals surface area contributed by atoms with E-state index in [4.69, 9.17) is 0 Å². The zero-order valence-electron chi connectivity index (χ0n) is 8.58. The van der Waals surface area contributed by atoms with Crippen molar-refractivity contribution < 1.29 is 0 Å². The van der Waals surface area contributed by atoms with E-state index in [1.807, 2.05) is 7.05 Å². The van der Waals surface area contributed by atoms with Crippen molar-refractivity contribution in [3.8, 4) is 0 Å². The molecule has 1 aromatic rings. The Morgan fingerprint density at radius 1 is 1.36 bits per heavy atom. The van der Waals surface area contributed by atoms with E-state index >= 15 is 0 Å². The summed E-state index contributed by atoms with van der Waals surface area (Å²) >= 11 is 0. The van der Waals surface area contributed by atoms with Gasteiger partial charge in [0.15, 0.2) is 0 Å². The van der Waals surface area contributed by atoms with Crippen molar-refractivity contribution in [2.24, 2.45) is 0 Å². The molecule has 5 nitrogen and oxygen atoms in total. The molecule has 0 radical (unpaired) electrons. The summed E-state index contributed by atoms with van der Waals surface area (Å²) in [5.41, 5.74) is 0. The van der Waals surface area contributed by atoms with Gasteiger partial charge in [0.05, 0.1) is 6.54 Å². The number of rotatable bonds is 3. The summed E-state index contributed by atoms with van der Waals surface area (Å²) in [7, 11) is 1.91. The van der Waals surface area contributed by atoms with Crippen LogP contribution in [0.2, 0.25) is 0 Å². The summed E-state index contributed by atoms with van der Waals surface area (Å²) < 4.78 is 0. The third-order valence-corrected chi connectivity index (χ3v) is 2.50. The minimum Gasteiger partial charge on any atom is -0.340 e. The van der Waals surface area contributed by atoms with Gasteiger partial charge in [-0.15, -0.1) is 5.10 Å². The van der Waals surface area contributed by atoms with Gasteiger partial charge in [0.2, 0.25) is 5.95 Å². The molecule has 0 amide bonds. The summed E-state index contributed by atoms with van der Waals surface area (Å²) in [4.78, 5) is 6.67. The molecule has 0 aromatic carbocycles. The highest BCUT2D eigenvalue weighted by atomic mass is 15.4. The molecule has 0 spiro atoms. The number of hydrogen-bond donors (Lipinski definition) is 2. The first-order valence-corrected chi connectivity index (χ1v) is 5.21. The average Bonchev–Trinajstić information content (AvgIpc) is 2.68. The Labute approximate surface area is 83.9 Å². The lowest BCUT2D eigenvalue weighted by Gasteiger charge is -2.24. The molecule has 14 heavy (non-hydrogen) atoms. The van der Waals surface area contributed by atoms with Crippen molar-refractivity contribution in [3.05, 3.63) is 5.82 Å². The van der Waals surface area contributed by atoms with Crippen LogP contribution in [0.1, 0.15) is 25.1 Å². The Morgan fingerprint density at radius 3 is 2.86 bits per heavy atom. The minimum atomic E-state index is 0.751. The van der Waals surface area contributed by atoms with E-state index in [9.17, 15) is 0 Å². The van der Waals surface area contributed by atoms with Crippen LogP contribution in [0.5, 0.6) is 0 Å². The van der Waals surface area contributed by atoms with Crippen LogP contribution in [0, 0.1) is 0 Å². The minimum absolute atomic E-state index is 0.751. The van der Waals surface area contributed by atoms with Crippen molar-refractivity contribution in [1.82, 2.24) is 20.5 Å². The third-order valence-electron chi connectivity index (χ3n) is 2.50. The van der Waals surface area contributed by atoms with Gasteiger partial charge in [0.1, 0.15) is 5.82 Å². The fraction of sp³-hybridized carbons (Fsp3) is 0.778. The van der Waals surface area contributed by atoms with E-state index in [1.54, 1.807) is 0 Å². The first-order chi connectivity index (χ1) is 6.90. The molecule has 1 fully saturated rings. The molecule has 1 aliphatic heterocycles. The van der Waals surface area contributed by atoms with Gasteiger partial charge in [-0.3, -0.25) is 5.10 Å². The highest BCUT2D eigenvalue weighted by Gasteiger charge is 2.14. The molecule has 0 unspecified atom stereocenters. The fourth-order valence-electron chi connectivity index (χ4n) is 1.77. The second-order valence-electron chi connectivity index (χ2n) is 3.66. The standard InChI is InChI=1S/C9H17N5/c1-10-7-8-11-9(13-12-8)14-5-3-2-4-6-14/h10H,2-7H2,1H3,(H,11,12,13). The number of aromatic nitrogens is 3. The van der Waals surface area contributed by atoms with Gasteiger partial charge in [-0.1, -0.05) is 0 Å². The van der Waals surface area contributed by atoms with Crippen LogP contribution < -0.4 is 10.2 Å². The first kappa shape index (κ1) is 9.45. The maximum absolute atomic E-state index is 4.42. The molecule has 0 atom stereocenters. The van der Waals surface area contributed by atoms with Crippen molar-refractivity contribution in [3.63, 3.8) is 0 Å². The summed E-state index contributed by atoms with van der Waals surface area (Å²) in [5.74, 6) is 1.77. The van der Waals surface area contributed by atoms with Gasteiger partial charge >= 0.3 is 0 Å². The molecule has 2 heterocycles. The summed E-state index contributed by atoms with van der Waals surface area (Å²) in [6, 6.07) is 0. The number of nitrogens with zero attached hydrogens (tertiary/aromatic N) is 3. The second-order valence-corrected chi connectivity index (χ2v) is 3.66. The highest BCUT2D eigenvalue weighted by molar-refractivity contribution is 5.28. The van der Waals surface area contributed by atoms with Crippen molar-refractivity contribution in [2.45, 2.75) is 25.8 Å². The molecule has 78 valence electrons. The van der Waals surface area contributed by atoms with Gasteiger partial charge in [-0.25, -0.2) is 0 Å². The maximum atomic E-state index is 4.42. The molecule has 0 saturated carbocycles. The number of aromatic amines is 1. The van der Waals surface area contributed by atoms with Gasteiger partial charge in [0, 0.05) is 13.1 Å². The largest absolute Gasteiger partial charge is 0.340 e. The monoisotopic (exact) mass is 195 g/mol. The van der Waals surface area contributed by atoms with Crippen molar-refractivity contribution in [1.29, 1.82) is 0 Å². The van der Waals surface area contributed by atoms with Crippen molar-refractivity contribution >= 4 is 5.95 Å². The smallest absolute Gasteiger partial charge is 0.244 e. The lowest BCUT2D eigenvalue weighted by atomic mass is 10.1. The SMILES string of the molecule is CNCc1nc(N2CCCCC2)n[nH]1. The molecule has 2 rings (SSSR count). The number of hydrogen-bond acceptors (Lipinski definition) is 4. The number of anilines is 1. The van der Waals surface area contributed by atoms with Crippen LogP contribution >= 0.6 is 0 Å². The molecule has 1 saturated heterocycles. The quantitative estimate of drug-likeness (QED) is 0.738. The molecule has 1 aromatic heterocycles. The molecule has 1 aliphatic rings. The predicted octanol–water partition coefficient (Wildman–Crippen LogP) is 0.514. The fourth-order valence-corrected chi connectivity index (χ4v) is 1.77. The Kier molecular flexibility index (Phi) is 2.98. The molecule has 5 heteroatoms. The van der Waals surface area contributed by atoms with Gasteiger partial charge in [0.25, 0.3) is 0 Å². The van der Waals surface area contributed by atoms with Gasteiger partial charge in [-0.05, 0) is 26.3 Å². The number of H-pyrrole nitrogens is 1. The van der Waals surface area contributed by atoms with E-state index in [-0.39, 0.29) is 0 Å². The number of nitrogens with one attached hydrogen (secondary N) is 2.